The highest BCUT2D eigenvalue weighted by atomic mass is 16.3. The van der Waals surface area contributed by atoms with Crippen LogP contribution in [-0.4, -0.2) is 42.8 Å². The molecule has 0 radical (unpaired) electrons. The molecule has 6 nitrogen and oxygen atoms in total. The minimum atomic E-state index is -1.21. The van der Waals surface area contributed by atoms with E-state index in [1.54, 1.807) is 4.90 Å². The lowest BCUT2D eigenvalue weighted by atomic mass is 9.69. The van der Waals surface area contributed by atoms with Gasteiger partial charge in [0.25, 0.3) is 5.91 Å². The van der Waals surface area contributed by atoms with Crippen LogP contribution in [0.3, 0.4) is 0 Å². The summed E-state index contributed by atoms with van der Waals surface area (Å²) in [4.78, 5) is 14.8. The van der Waals surface area contributed by atoms with Crippen molar-refractivity contribution < 1.29 is 9.90 Å². The molecule has 1 aromatic heterocycles. The predicted molar refractivity (Wildman–Crippen MR) is 89.1 cm³/mol. The van der Waals surface area contributed by atoms with Gasteiger partial charge < -0.3 is 14.6 Å². The molecule has 3 aliphatic rings. The van der Waals surface area contributed by atoms with Gasteiger partial charge in [-0.05, 0) is 49.9 Å². The molecule has 2 aliphatic carbocycles. The van der Waals surface area contributed by atoms with E-state index in [4.69, 9.17) is 0 Å². The van der Waals surface area contributed by atoms with Crippen molar-refractivity contribution in [1.82, 2.24) is 19.7 Å². The lowest BCUT2D eigenvalue weighted by Gasteiger charge is -2.43. The lowest BCUT2D eigenvalue weighted by Crippen LogP contribution is -2.54. The van der Waals surface area contributed by atoms with Gasteiger partial charge in [0.2, 0.25) is 0 Å². The van der Waals surface area contributed by atoms with Crippen LogP contribution in [0.1, 0.15) is 64.0 Å². The molecule has 1 aromatic rings. The Morgan fingerprint density at radius 1 is 1.25 bits per heavy atom. The molecule has 1 amide bonds. The summed E-state index contributed by atoms with van der Waals surface area (Å²) in [5.41, 5.74) is -1.18. The van der Waals surface area contributed by atoms with Gasteiger partial charge in [-0.15, -0.1) is 10.2 Å². The highest BCUT2D eigenvalue weighted by Gasteiger charge is 2.46. The Labute approximate surface area is 143 Å². The van der Waals surface area contributed by atoms with Crippen molar-refractivity contribution in [3.8, 4) is 0 Å². The van der Waals surface area contributed by atoms with E-state index < -0.39 is 5.60 Å². The Morgan fingerprint density at radius 2 is 2.04 bits per heavy atom. The Hall–Kier alpha value is -1.43. The Morgan fingerprint density at radius 3 is 2.75 bits per heavy atom. The summed E-state index contributed by atoms with van der Waals surface area (Å²) in [6.07, 6.45) is 6.72. The fourth-order valence-electron chi connectivity index (χ4n) is 4.43. The van der Waals surface area contributed by atoms with Crippen LogP contribution in [0.25, 0.3) is 0 Å². The van der Waals surface area contributed by atoms with Crippen molar-refractivity contribution in [1.29, 1.82) is 0 Å². The lowest BCUT2D eigenvalue weighted by molar-refractivity contribution is -0.160. The number of hydrogen-bond acceptors (Lipinski definition) is 4. The van der Waals surface area contributed by atoms with Gasteiger partial charge in [-0.2, -0.15) is 0 Å². The number of fused-ring (bicyclic) bond motifs is 1. The second-order valence-electron chi connectivity index (χ2n) is 8.78. The van der Waals surface area contributed by atoms with Crippen molar-refractivity contribution in [2.75, 3.05) is 6.54 Å². The summed E-state index contributed by atoms with van der Waals surface area (Å²) in [5, 5.41) is 19.6. The van der Waals surface area contributed by atoms with Crippen LogP contribution in [0.5, 0.6) is 0 Å². The molecular weight excluding hydrogens is 304 g/mol. The average Bonchev–Trinajstić information content (AvgIpc) is 3.25. The summed E-state index contributed by atoms with van der Waals surface area (Å²) in [6.45, 7) is 6.14. The molecular formula is C18H28N4O2. The molecule has 4 rings (SSSR count). The van der Waals surface area contributed by atoms with Gasteiger partial charge in [0, 0.05) is 19.5 Å². The van der Waals surface area contributed by atoms with Crippen molar-refractivity contribution in [3.05, 3.63) is 11.6 Å². The number of aromatic nitrogens is 3. The van der Waals surface area contributed by atoms with E-state index in [9.17, 15) is 9.90 Å². The first-order chi connectivity index (χ1) is 11.4. The molecule has 1 atom stereocenters. The van der Waals surface area contributed by atoms with Gasteiger partial charge in [0.05, 0.1) is 6.54 Å². The van der Waals surface area contributed by atoms with Gasteiger partial charge in [-0.3, -0.25) is 4.79 Å². The third-order valence-corrected chi connectivity index (χ3v) is 5.90. The monoisotopic (exact) mass is 332 g/mol. The van der Waals surface area contributed by atoms with Crippen LogP contribution in [-0.2, 0) is 24.3 Å². The highest BCUT2D eigenvalue weighted by Crippen LogP contribution is 2.42. The van der Waals surface area contributed by atoms with Gasteiger partial charge in [0.15, 0.2) is 5.82 Å². The van der Waals surface area contributed by atoms with Gasteiger partial charge in [-0.1, -0.05) is 13.8 Å². The number of hydrogen-bond donors (Lipinski definition) is 1. The van der Waals surface area contributed by atoms with E-state index in [0.717, 1.165) is 43.4 Å². The molecule has 6 heteroatoms. The van der Waals surface area contributed by atoms with Crippen molar-refractivity contribution >= 4 is 5.91 Å². The van der Waals surface area contributed by atoms with E-state index in [0.29, 0.717) is 25.9 Å². The summed E-state index contributed by atoms with van der Waals surface area (Å²) in [7, 11) is 0. The number of nitrogens with zero attached hydrogens (tertiary/aromatic N) is 4. The van der Waals surface area contributed by atoms with Crippen molar-refractivity contribution in [2.24, 2.45) is 11.3 Å². The van der Waals surface area contributed by atoms with Gasteiger partial charge in [-0.25, -0.2) is 0 Å². The molecule has 1 N–H and O–H groups in total. The van der Waals surface area contributed by atoms with E-state index in [-0.39, 0.29) is 11.3 Å². The zero-order chi connectivity index (χ0) is 16.9. The molecule has 2 fully saturated rings. The maximum absolute atomic E-state index is 13.0. The minimum absolute atomic E-state index is 0.0237. The normalized spacial score (nSPS) is 29.4. The molecule has 2 heterocycles. The Kier molecular flexibility index (Phi) is 3.71. The Bertz CT molecular complexity index is 649. The Balaban J connectivity index is 1.47. The predicted octanol–water partition coefficient (Wildman–Crippen LogP) is 1.90. The summed E-state index contributed by atoms with van der Waals surface area (Å²) in [5.74, 6) is 2.59. The quantitative estimate of drug-likeness (QED) is 0.918. The number of carbonyl (C=O) groups excluding carboxylic acids is 1. The highest BCUT2D eigenvalue weighted by molar-refractivity contribution is 5.85. The summed E-state index contributed by atoms with van der Waals surface area (Å²) < 4.78 is 2.18. The van der Waals surface area contributed by atoms with Crippen LogP contribution >= 0.6 is 0 Å². The third-order valence-electron chi connectivity index (χ3n) is 5.90. The van der Waals surface area contributed by atoms with Crippen LogP contribution in [0, 0.1) is 11.3 Å². The molecule has 132 valence electrons. The third kappa shape index (κ3) is 2.96. The zero-order valence-electron chi connectivity index (χ0n) is 14.8. The maximum atomic E-state index is 13.0. The number of carbonyl (C=O) groups is 1. The van der Waals surface area contributed by atoms with Crippen LogP contribution < -0.4 is 0 Å². The standard InChI is InChI=1S/C18H28N4O2/c1-17(2)6-3-7-18(24,12-17)16(23)21-8-9-22-14(10-13-4-5-13)19-20-15(22)11-21/h13,24H,3-12H2,1-2H3. The van der Waals surface area contributed by atoms with Crippen molar-refractivity contribution in [2.45, 2.75) is 77.5 Å². The fraction of sp³-hybridized carbons (Fsp3) is 0.833. The largest absolute Gasteiger partial charge is 0.380 e. The van der Waals surface area contributed by atoms with Crippen LogP contribution in [0.2, 0.25) is 0 Å². The molecule has 0 spiro atoms. The van der Waals surface area contributed by atoms with Crippen LogP contribution in [0.4, 0.5) is 0 Å². The van der Waals surface area contributed by atoms with E-state index in [1.807, 2.05) is 0 Å². The molecule has 2 saturated carbocycles. The van der Waals surface area contributed by atoms with Crippen molar-refractivity contribution in [3.63, 3.8) is 0 Å². The topological polar surface area (TPSA) is 71.2 Å². The zero-order valence-corrected chi connectivity index (χ0v) is 14.8. The van der Waals surface area contributed by atoms with E-state index in [1.165, 1.54) is 12.8 Å². The molecule has 1 aliphatic heterocycles. The van der Waals surface area contributed by atoms with Crippen LogP contribution in [0.15, 0.2) is 0 Å². The number of rotatable bonds is 3. The molecule has 0 saturated heterocycles. The SMILES string of the molecule is CC1(C)CCCC(O)(C(=O)N2CCn3c(CC4CC4)nnc3C2)C1. The molecule has 0 bridgehead atoms. The fourth-order valence-corrected chi connectivity index (χ4v) is 4.43. The summed E-state index contributed by atoms with van der Waals surface area (Å²) >= 11 is 0. The van der Waals surface area contributed by atoms with E-state index in [2.05, 4.69) is 28.6 Å². The second kappa shape index (κ2) is 5.55. The van der Waals surface area contributed by atoms with Gasteiger partial charge in [0.1, 0.15) is 11.4 Å². The first-order valence-electron chi connectivity index (χ1n) is 9.29. The maximum Gasteiger partial charge on any atom is 0.255 e. The second-order valence-corrected chi connectivity index (χ2v) is 8.78. The van der Waals surface area contributed by atoms with E-state index >= 15 is 0 Å². The molecule has 1 unspecified atom stereocenters. The smallest absolute Gasteiger partial charge is 0.255 e. The summed E-state index contributed by atoms with van der Waals surface area (Å²) in [6, 6.07) is 0. The van der Waals surface area contributed by atoms with Gasteiger partial charge >= 0.3 is 0 Å². The first-order valence-corrected chi connectivity index (χ1v) is 9.29. The number of amides is 1. The first kappa shape index (κ1) is 16.1. The minimum Gasteiger partial charge on any atom is -0.380 e. The molecule has 24 heavy (non-hydrogen) atoms. The number of aliphatic hydroxyl groups is 1. The molecule has 0 aromatic carbocycles. The average molecular weight is 332 g/mol.